The number of halogens is 1. The minimum absolute atomic E-state index is 0.134. The van der Waals surface area contributed by atoms with E-state index in [9.17, 15) is 5.11 Å². The predicted molar refractivity (Wildman–Crippen MR) is 64.3 cm³/mol. The Kier molecular flexibility index (Phi) is 4.42. The fraction of sp³-hybridized carbons (Fsp3) is 0.455. The molecule has 4 heteroatoms. The van der Waals surface area contributed by atoms with Crippen LogP contribution in [0.4, 0.5) is 0 Å². The van der Waals surface area contributed by atoms with E-state index in [0.717, 1.165) is 22.9 Å². The van der Waals surface area contributed by atoms with Crippen molar-refractivity contribution in [1.82, 2.24) is 0 Å². The summed E-state index contributed by atoms with van der Waals surface area (Å²) in [5.74, 6) is 0.699. The molecule has 0 bridgehead atoms. The standard InChI is InChI=1S/C11H16BrNO2/c1-7(13)3-4-8-5-9(12)6-10(15-2)11(8)14/h5-7,14H,3-4,13H2,1-2H3/t7-/m0/s1. The molecule has 3 N–H and O–H groups in total. The van der Waals surface area contributed by atoms with Crippen molar-refractivity contribution < 1.29 is 9.84 Å². The first-order valence-electron chi connectivity index (χ1n) is 4.85. The molecule has 0 aliphatic rings. The molecule has 0 saturated heterocycles. The van der Waals surface area contributed by atoms with Crippen LogP contribution in [0.3, 0.4) is 0 Å². The van der Waals surface area contributed by atoms with E-state index in [1.807, 2.05) is 13.0 Å². The van der Waals surface area contributed by atoms with Gasteiger partial charge < -0.3 is 15.6 Å². The lowest BCUT2D eigenvalue weighted by Gasteiger charge is -2.11. The summed E-state index contributed by atoms with van der Waals surface area (Å²) in [7, 11) is 1.54. The Morgan fingerprint density at radius 1 is 1.53 bits per heavy atom. The Labute approximate surface area is 98.4 Å². The monoisotopic (exact) mass is 273 g/mol. The Morgan fingerprint density at radius 3 is 2.73 bits per heavy atom. The summed E-state index contributed by atoms with van der Waals surface area (Å²) in [6, 6.07) is 3.76. The molecule has 1 atom stereocenters. The second kappa shape index (κ2) is 5.37. The zero-order chi connectivity index (χ0) is 11.4. The van der Waals surface area contributed by atoms with E-state index in [0.29, 0.717) is 5.75 Å². The topological polar surface area (TPSA) is 55.5 Å². The van der Waals surface area contributed by atoms with Crippen molar-refractivity contribution in [3.05, 3.63) is 22.2 Å². The van der Waals surface area contributed by atoms with E-state index < -0.39 is 0 Å². The van der Waals surface area contributed by atoms with E-state index >= 15 is 0 Å². The fourth-order valence-electron chi connectivity index (χ4n) is 1.36. The summed E-state index contributed by atoms with van der Waals surface area (Å²) in [6.07, 6.45) is 1.59. The third kappa shape index (κ3) is 3.39. The van der Waals surface area contributed by atoms with E-state index in [1.165, 1.54) is 7.11 Å². The highest BCUT2D eigenvalue weighted by atomic mass is 79.9. The summed E-state index contributed by atoms with van der Waals surface area (Å²) in [5, 5.41) is 9.84. The van der Waals surface area contributed by atoms with Gasteiger partial charge in [-0.3, -0.25) is 0 Å². The number of phenolic OH excluding ortho intramolecular Hbond substituents is 1. The number of ether oxygens (including phenoxy) is 1. The zero-order valence-electron chi connectivity index (χ0n) is 8.96. The van der Waals surface area contributed by atoms with Crippen molar-refractivity contribution in [1.29, 1.82) is 0 Å². The molecule has 0 aromatic heterocycles. The van der Waals surface area contributed by atoms with Gasteiger partial charge in [-0.15, -0.1) is 0 Å². The summed E-state index contributed by atoms with van der Waals surface area (Å²) in [6.45, 7) is 1.95. The van der Waals surface area contributed by atoms with E-state index in [1.54, 1.807) is 6.07 Å². The molecule has 3 nitrogen and oxygen atoms in total. The first-order valence-corrected chi connectivity index (χ1v) is 5.65. The van der Waals surface area contributed by atoms with Crippen molar-refractivity contribution in [2.24, 2.45) is 5.73 Å². The van der Waals surface area contributed by atoms with Crippen LogP contribution in [0, 0.1) is 0 Å². The van der Waals surface area contributed by atoms with Crippen LogP contribution in [0.25, 0.3) is 0 Å². The van der Waals surface area contributed by atoms with E-state index in [2.05, 4.69) is 15.9 Å². The van der Waals surface area contributed by atoms with Crippen LogP contribution >= 0.6 is 15.9 Å². The molecule has 0 radical (unpaired) electrons. The lowest BCUT2D eigenvalue weighted by molar-refractivity contribution is 0.370. The molecule has 0 saturated carbocycles. The van der Waals surface area contributed by atoms with E-state index in [-0.39, 0.29) is 11.8 Å². The van der Waals surface area contributed by atoms with Gasteiger partial charge in [-0.05, 0) is 37.5 Å². The third-order valence-electron chi connectivity index (χ3n) is 2.21. The van der Waals surface area contributed by atoms with Crippen LogP contribution in [-0.4, -0.2) is 18.3 Å². The van der Waals surface area contributed by atoms with Crippen LogP contribution in [0.15, 0.2) is 16.6 Å². The molecule has 0 heterocycles. The number of methoxy groups -OCH3 is 1. The van der Waals surface area contributed by atoms with Gasteiger partial charge in [0.1, 0.15) is 0 Å². The van der Waals surface area contributed by atoms with Crippen LogP contribution in [0.5, 0.6) is 11.5 Å². The van der Waals surface area contributed by atoms with Gasteiger partial charge in [0, 0.05) is 10.5 Å². The molecule has 0 aliphatic carbocycles. The molecular weight excluding hydrogens is 258 g/mol. The van der Waals surface area contributed by atoms with Crippen LogP contribution in [0.1, 0.15) is 18.9 Å². The summed E-state index contributed by atoms with van der Waals surface area (Å²) < 4.78 is 5.96. The number of hydrogen-bond acceptors (Lipinski definition) is 3. The molecule has 1 aromatic rings. The van der Waals surface area contributed by atoms with Crippen molar-refractivity contribution in [2.75, 3.05) is 7.11 Å². The van der Waals surface area contributed by atoms with Crippen molar-refractivity contribution in [3.8, 4) is 11.5 Å². The lowest BCUT2D eigenvalue weighted by atomic mass is 10.1. The number of phenols is 1. The highest BCUT2D eigenvalue weighted by Crippen LogP contribution is 2.34. The predicted octanol–water partition coefficient (Wildman–Crippen LogP) is 2.44. The number of hydrogen-bond donors (Lipinski definition) is 2. The van der Waals surface area contributed by atoms with Crippen molar-refractivity contribution in [3.63, 3.8) is 0 Å². The first-order chi connectivity index (χ1) is 7.04. The number of nitrogens with two attached hydrogens (primary N) is 1. The van der Waals surface area contributed by atoms with Gasteiger partial charge in [-0.2, -0.15) is 0 Å². The molecular formula is C11H16BrNO2. The third-order valence-corrected chi connectivity index (χ3v) is 2.67. The lowest BCUT2D eigenvalue weighted by Crippen LogP contribution is -2.15. The largest absolute Gasteiger partial charge is 0.504 e. The first kappa shape index (κ1) is 12.3. The molecule has 15 heavy (non-hydrogen) atoms. The van der Waals surface area contributed by atoms with Crippen LogP contribution < -0.4 is 10.5 Å². The average Bonchev–Trinajstić information content (AvgIpc) is 2.18. The van der Waals surface area contributed by atoms with Gasteiger partial charge in [-0.25, -0.2) is 0 Å². The number of benzene rings is 1. The maximum atomic E-state index is 9.84. The normalized spacial score (nSPS) is 12.5. The molecule has 0 unspecified atom stereocenters. The van der Waals surface area contributed by atoms with Crippen molar-refractivity contribution in [2.45, 2.75) is 25.8 Å². The maximum absolute atomic E-state index is 9.84. The Bertz CT molecular complexity index is 340. The van der Waals surface area contributed by atoms with E-state index in [4.69, 9.17) is 10.5 Å². The Hall–Kier alpha value is -0.740. The van der Waals surface area contributed by atoms with Crippen LogP contribution in [-0.2, 0) is 6.42 Å². The zero-order valence-corrected chi connectivity index (χ0v) is 10.5. The fourth-order valence-corrected chi connectivity index (χ4v) is 1.84. The second-order valence-electron chi connectivity index (χ2n) is 3.63. The molecule has 1 rings (SSSR count). The second-order valence-corrected chi connectivity index (χ2v) is 4.55. The Morgan fingerprint density at radius 2 is 2.20 bits per heavy atom. The summed E-state index contributed by atoms with van der Waals surface area (Å²) in [5.41, 5.74) is 6.53. The van der Waals surface area contributed by atoms with Gasteiger partial charge >= 0.3 is 0 Å². The SMILES string of the molecule is COc1cc(Br)cc(CC[C@H](C)N)c1O. The highest BCUT2D eigenvalue weighted by Gasteiger charge is 2.10. The van der Waals surface area contributed by atoms with Gasteiger partial charge in [0.15, 0.2) is 11.5 Å². The van der Waals surface area contributed by atoms with Gasteiger partial charge in [0.05, 0.1) is 7.11 Å². The van der Waals surface area contributed by atoms with Gasteiger partial charge in [-0.1, -0.05) is 15.9 Å². The molecule has 0 amide bonds. The molecule has 1 aromatic carbocycles. The minimum Gasteiger partial charge on any atom is -0.504 e. The number of rotatable bonds is 4. The van der Waals surface area contributed by atoms with Gasteiger partial charge in [0.2, 0.25) is 0 Å². The molecule has 0 aliphatic heterocycles. The van der Waals surface area contributed by atoms with Crippen LogP contribution in [0.2, 0.25) is 0 Å². The molecule has 0 fully saturated rings. The highest BCUT2D eigenvalue weighted by molar-refractivity contribution is 9.10. The minimum atomic E-state index is 0.134. The maximum Gasteiger partial charge on any atom is 0.161 e. The van der Waals surface area contributed by atoms with Crippen molar-refractivity contribution >= 4 is 15.9 Å². The average molecular weight is 274 g/mol. The summed E-state index contributed by atoms with van der Waals surface area (Å²) >= 11 is 3.37. The number of aryl methyl sites for hydroxylation is 1. The summed E-state index contributed by atoms with van der Waals surface area (Å²) in [4.78, 5) is 0. The molecule has 0 spiro atoms. The Balaban J connectivity index is 2.91. The quantitative estimate of drug-likeness (QED) is 0.886. The van der Waals surface area contributed by atoms with Gasteiger partial charge in [0.25, 0.3) is 0 Å². The molecule has 84 valence electrons. The smallest absolute Gasteiger partial charge is 0.161 e. The number of aromatic hydroxyl groups is 1.